The largest absolute Gasteiger partial charge is 0.318 e. The summed E-state index contributed by atoms with van der Waals surface area (Å²) < 4.78 is 3.36. The van der Waals surface area contributed by atoms with Crippen LogP contribution in [0.1, 0.15) is 36.2 Å². The van der Waals surface area contributed by atoms with Crippen molar-refractivity contribution in [3.8, 4) is 0 Å². The molecule has 1 amide bonds. The molecule has 4 aromatic heterocycles. The van der Waals surface area contributed by atoms with E-state index < -0.39 is 5.91 Å². The number of fused-ring (bicyclic) bond motifs is 2. The lowest BCUT2D eigenvalue weighted by Gasteiger charge is -2.06. The Morgan fingerprint density at radius 3 is 2.84 bits per heavy atom. The molecule has 0 saturated heterocycles. The number of hydrogen-bond acceptors (Lipinski definition) is 6. The molecule has 4 aromatic rings. The van der Waals surface area contributed by atoms with E-state index in [1.54, 1.807) is 24.7 Å². The number of rotatable bonds is 3. The number of carbonyl (C=O) groups excluding carboxylic acids is 1. The van der Waals surface area contributed by atoms with E-state index in [1.807, 2.05) is 31.5 Å². The monoisotopic (exact) mass is 336 g/mol. The number of amides is 1. The van der Waals surface area contributed by atoms with Gasteiger partial charge in [-0.15, -0.1) is 5.10 Å². The molecule has 0 saturated carbocycles. The van der Waals surface area contributed by atoms with E-state index in [-0.39, 0.29) is 11.9 Å². The highest BCUT2D eigenvalue weighted by atomic mass is 16.2. The van der Waals surface area contributed by atoms with Gasteiger partial charge in [-0.1, -0.05) is 0 Å². The van der Waals surface area contributed by atoms with Gasteiger partial charge in [0.1, 0.15) is 0 Å². The van der Waals surface area contributed by atoms with E-state index in [1.165, 1.54) is 4.52 Å². The fourth-order valence-corrected chi connectivity index (χ4v) is 2.58. The normalized spacial score (nSPS) is 11.5. The van der Waals surface area contributed by atoms with Gasteiger partial charge in [-0.2, -0.15) is 10.1 Å². The first-order valence-electron chi connectivity index (χ1n) is 7.86. The third-order valence-electron chi connectivity index (χ3n) is 3.81. The summed E-state index contributed by atoms with van der Waals surface area (Å²) in [5.74, 6) is 0.0269. The minimum Gasteiger partial charge on any atom is -0.318 e. The molecule has 0 aliphatic heterocycles. The van der Waals surface area contributed by atoms with Crippen molar-refractivity contribution in [1.29, 1.82) is 0 Å². The number of anilines is 1. The highest BCUT2D eigenvalue weighted by Gasteiger charge is 2.15. The second-order valence-electron chi connectivity index (χ2n) is 6.01. The Labute approximate surface area is 142 Å². The van der Waals surface area contributed by atoms with Crippen molar-refractivity contribution in [3.63, 3.8) is 0 Å². The van der Waals surface area contributed by atoms with Crippen LogP contribution in [0.15, 0.2) is 30.7 Å². The van der Waals surface area contributed by atoms with Gasteiger partial charge in [0.15, 0.2) is 5.65 Å². The van der Waals surface area contributed by atoms with Gasteiger partial charge in [0.2, 0.25) is 5.82 Å². The molecular formula is C16H16N8O. The summed E-state index contributed by atoms with van der Waals surface area (Å²) in [6, 6.07) is 3.84. The van der Waals surface area contributed by atoms with Crippen molar-refractivity contribution in [2.45, 2.75) is 26.8 Å². The molecule has 4 heterocycles. The average Bonchev–Trinajstić information content (AvgIpc) is 3.19. The van der Waals surface area contributed by atoms with Crippen LogP contribution in [-0.2, 0) is 0 Å². The Kier molecular flexibility index (Phi) is 3.41. The number of pyridine rings is 1. The average molecular weight is 336 g/mol. The van der Waals surface area contributed by atoms with Crippen molar-refractivity contribution in [1.82, 2.24) is 34.3 Å². The van der Waals surface area contributed by atoms with Crippen LogP contribution in [0.2, 0.25) is 0 Å². The highest BCUT2D eigenvalue weighted by molar-refractivity contribution is 6.02. The lowest BCUT2D eigenvalue weighted by Crippen LogP contribution is -2.14. The quantitative estimate of drug-likeness (QED) is 0.614. The summed E-state index contributed by atoms with van der Waals surface area (Å²) in [6.45, 7) is 5.94. The standard InChI is InChI=1S/C16H16N8O/c1-9(2)23-14-11(7-19-23)6-12(8-18-14)20-15(25)13-21-16-17-5-4-10(3)24(16)22-13/h4-9H,1-3H3,(H,20,25). The van der Waals surface area contributed by atoms with Crippen LogP contribution in [0, 0.1) is 6.92 Å². The SMILES string of the molecule is Cc1ccnc2nc(C(=O)Nc3cnc4c(cnn4C(C)C)c3)nn12. The Morgan fingerprint density at radius 1 is 1.24 bits per heavy atom. The molecule has 9 heteroatoms. The third-order valence-corrected chi connectivity index (χ3v) is 3.81. The van der Waals surface area contributed by atoms with Crippen molar-refractivity contribution in [2.75, 3.05) is 5.32 Å². The van der Waals surface area contributed by atoms with E-state index in [0.717, 1.165) is 16.7 Å². The molecule has 0 fully saturated rings. The maximum absolute atomic E-state index is 12.4. The van der Waals surface area contributed by atoms with Crippen molar-refractivity contribution in [3.05, 3.63) is 42.2 Å². The minimum absolute atomic E-state index is 0.0553. The maximum Gasteiger partial charge on any atom is 0.295 e. The predicted molar refractivity (Wildman–Crippen MR) is 91.4 cm³/mol. The molecule has 126 valence electrons. The smallest absolute Gasteiger partial charge is 0.295 e. The fraction of sp³-hybridized carbons (Fsp3) is 0.250. The topological polar surface area (TPSA) is 103 Å². The van der Waals surface area contributed by atoms with Crippen LogP contribution < -0.4 is 5.32 Å². The van der Waals surface area contributed by atoms with Gasteiger partial charge in [-0.3, -0.25) is 4.79 Å². The Hall–Kier alpha value is -3.36. The van der Waals surface area contributed by atoms with Crippen LogP contribution in [0.3, 0.4) is 0 Å². The summed E-state index contributed by atoms with van der Waals surface area (Å²) in [5.41, 5.74) is 2.18. The molecule has 0 aromatic carbocycles. The first-order valence-corrected chi connectivity index (χ1v) is 7.86. The molecule has 0 bridgehead atoms. The lowest BCUT2D eigenvalue weighted by atomic mass is 10.3. The molecule has 25 heavy (non-hydrogen) atoms. The van der Waals surface area contributed by atoms with E-state index in [0.29, 0.717) is 11.5 Å². The van der Waals surface area contributed by atoms with Crippen LogP contribution in [0.4, 0.5) is 5.69 Å². The maximum atomic E-state index is 12.4. The molecule has 0 atom stereocenters. The summed E-state index contributed by atoms with van der Waals surface area (Å²) in [6.07, 6.45) is 4.96. The van der Waals surface area contributed by atoms with Gasteiger partial charge in [-0.25, -0.2) is 19.2 Å². The molecule has 4 rings (SSSR count). The first-order chi connectivity index (χ1) is 12.0. The Balaban J connectivity index is 1.63. The van der Waals surface area contributed by atoms with Gasteiger partial charge in [0.25, 0.3) is 11.7 Å². The first kappa shape index (κ1) is 15.2. The number of hydrogen-bond donors (Lipinski definition) is 1. The zero-order valence-corrected chi connectivity index (χ0v) is 14.0. The predicted octanol–water partition coefficient (Wildman–Crippen LogP) is 2.01. The molecule has 0 spiro atoms. The van der Waals surface area contributed by atoms with Gasteiger partial charge >= 0.3 is 0 Å². The Bertz CT molecular complexity index is 1090. The van der Waals surface area contributed by atoms with Crippen LogP contribution in [-0.4, -0.2) is 40.3 Å². The van der Waals surface area contributed by atoms with Gasteiger partial charge in [0, 0.05) is 23.3 Å². The highest BCUT2D eigenvalue weighted by Crippen LogP contribution is 2.19. The number of aromatic nitrogens is 7. The van der Waals surface area contributed by atoms with Crippen LogP contribution in [0.5, 0.6) is 0 Å². The van der Waals surface area contributed by atoms with E-state index in [2.05, 4.69) is 30.5 Å². The van der Waals surface area contributed by atoms with E-state index >= 15 is 0 Å². The number of nitrogens with one attached hydrogen (secondary N) is 1. The van der Waals surface area contributed by atoms with Crippen molar-refractivity contribution >= 4 is 28.4 Å². The molecule has 0 unspecified atom stereocenters. The van der Waals surface area contributed by atoms with Gasteiger partial charge in [0.05, 0.1) is 18.1 Å². The zero-order valence-electron chi connectivity index (χ0n) is 14.0. The number of aryl methyl sites for hydroxylation is 1. The summed E-state index contributed by atoms with van der Waals surface area (Å²) in [7, 11) is 0. The molecule has 1 N–H and O–H groups in total. The molecule has 0 aliphatic rings. The van der Waals surface area contributed by atoms with E-state index in [4.69, 9.17) is 0 Å². The Morgan fingerprint density at radius 2 is 2.08 bits per heavy atom. The minimum atomic E-state index is -0.415. The second-order valence-corrected chi connectivity index (χ2v) is 6.01. The molecular weight excluding hydrogens is 320 g/mol. The number of nitrogens with zero attached hydrogens (tertiary/aromatic N) is 7. The molecule has 0 aliphatic carbocycles. The molecule has 9 nitrogen and oxygen atoms in total. The van der Waals surface area contributed by atoms with Crippen molar-refractivity contribution < 1.29 is 4.79 Å². The van der Waals surface area contributed by atoms with Gasteiger partial charge in [-0.05, 0) is 32.9 Å². The second kappa shape index (κ2) is 5.62. The third kappa shape index (κ3) is 2.59. The lowest BCUT2D eigenvalue weighted by molar-refractivity contribution is 0.101. The summed E-state index contributed by atoms with van der Waals surface area (Å²) in [4.78, 5) is 25.1. The zero-order chi connectivity index (χ0) is 17.6. The van der Waals surface area contributed by atoms with Gasteiger partial charge < -0.3 is 5.32 Å². The van der Waals surface area contributed by atoms with Crippen LogP contribution in [0.25, 0.3) is 16.8 Å². The van der Waals surface area contributed by atoms with E-state index in [9.17, 15) is 4.79 Å². The van der Waals surface area contributed by atoms with Crippen molar-refractivity contribution in [2.24, 2.45) is 0 Å². The summed E-state index contributed by atoms with van der Waals surface area (Å²) >= 11 is 0. The number of carbonyl (C=O) groups is 1. The summed E-state index contributed by atoms with van der Waals surface area (Å²) in [5, 5.41) is 12.1. The van der Waals surface area contributed by atoms with Crippen LogP contribution >= 0.6 is 0 Å². The molecule has 0 radical (unpaired) electrons. The fourth-order valence-electron chi connectivity index (χ4n) is 2.58.